The second-order valence-electron chi connectivity index (χ2n) is 4.88. The summed E-state index contributed by atoms with van der Waals surface area (Å²) in [7, 11) is -2.01. The third-order valence-corrected chi connectivity index (χ3v) is 4.42. The Balaban J connectivity index is 3.30. The fourth-order valence-corrected chi connectivity index (χ4v) is 2.75. The van der Waals surface area contributed by atoms with Crippen molar-refractivity contribution in [3.8, 4) is 0 Å². The first-order valence-electron chi connectivity index (χ1n) is 6.80. The minimum Gasteiger partial charge on any atom is -0.273 e. The van der Waals surface area contributed by atoms with Gasteiger partial charge in [-0.15, -0.1) is 0 Å². The van der Waals surface area contributed by atoms with E-state index in [0.717, 1.165) is 25.2 Å². The largest absolute Gasteiger partial charge is 0.273 e. The molecule has 0 amide bonds. The first kappa shape index (κ1) is 16.9. The van der Waals surface area contributed by atoms with Gasteiger partial charge >= 0.3 is 0 Å². The molecule has 0 aromatic rings. The lowest BCUT2D eigenvalue weighted by Crippen LogP contribution is -2.07. The molecular weight excluding hydrogens is 236 g/mol. The van der Waals surface area contributed by atoms with Crippen LogP contribution in [0.2, 0.25) is 0 Å². The number of unbranched alkanes of at least 4 members (excludes halogenated alkanes) is 4. The van der Waals surface area contributed by atoms with Crippen molar-refractivity contribution >= 4 is 10.1 Å². The van der Waals surface area contributed by atoms with Crippen LogP contribution in [-0.2, 0) is 14.3 Å². The van der Waals surface area contributed by atoms with Crippen molar-refractivity contribution in [3.05, 3.63) is 0 Å². The Bertz CT molecular complexity index is 260. The lowest BCUT2D eigenvalue weighted by atomic mass is 9.98. The van der Waals surface area contributed by atoms with E-state index in [-0.39, 0.29) is 5.75 Å². The highest BCUT2D eigenvalue weighted by Crippen LogP contribution is 2.15. The van der Waals surface area contributed by atoms with Gasteiger partial charge in [-0.2, -0.15) is 8.42 Å². The predicted octanol–water partition coefficient (Wildman–Crippen LogP) is 3.74. The van der Waals surface area contributed by atoms with Gasteiger partial charge in [0.05, 0.1) is 12.9 Å². The molecule has 0 heterocycles. The first-order chi connectivity index (χ1) is 8.02. The number of rotatable bonds is 11. The van der Waals surface area contributed by atoms with E-state index in [9.17, 15) is 8.42 Å². The van der Waals surface area contributed by atoms with Gasteiger partial charge < -0.3 is 0 Å². The van der Waals surface area contributed by atoms with Crippen LogP contribution in [0.1, 0.15) is 65.2 Å². The zero-order chi connectivity index (χ0) is 13.1. The zero-order valence-corrected chi connectivity index (χ0v) is 12.4. The van der Waals surface area contributed by atoms with Gasteiger partial charge in [-0.3, -0.25) is 4.18 Å². The van der Waals surface area contributed by atoms with E-state index >= 15 is 0 Å². The maximum absolute atomic E-state index is 11.0. The molecule has 0 saturated heterocycles. The summed E-state index contributed by atoms with van der Waals surface area (Å²) in [5.74, 6) is 1.00. The van der Waals surface area contributed by atoms with Crippen LogP contribution < -0.4 is 0 Å². The van der Waals surface area contributed by atoms with E-state index in [1.165, 1.54) is 39.2 Å². The third-order valence-electron chi connectivity index (χ3n) is 3.13. The fraction of sp³-hybridized carbons (Fsp3) is 1.00. The van der Waals surface area contributed by atoms with Crippen LogP contribution in [0.15, 0.2) is 0 Å². The fourth-order valence-electron chi connectivity index (χ4n) is 2.02. The Labute approximate surface area is 107 Å². The molecule has 3 nitrogen and oxygen atoms in total. The van der Waals surface area contributed by atoms with E-state index < -0.39 is 10.1 Å². The second-order valence-corrected chi connectivity index (χ2v) is 6.74. The maximum Gasteiger partial charge on any atom is 0.267 e. The van der Waals surface area contributed by atoms with Crippen molar-refractivity contribution in [1.82, 2.24) is 0 Å². The number of hydrogen-bond donors (Lipinski definition) is 0. The molecular formula is C13H28O3S. The first-order valence-corrected chi connectivity index (χ1v) is 8.38. The molecule has 0 aliphatic heterocycles. The van der Waals surface area contributed by atoms with Gasteiger partial charge in [0.25, 0.3) is 10.1 Å². The van der Waals surface area contributed by atoms with Crippen LogP contribution in [0.4, 0.5) is 0 Å². The normalized spacial score (nSPS) is 13.8. The molecule has 17 heavy (non-hydrogen) atoms. The molecule has 0 radical (unpaired) electrons. The van der Waals surface area contributed by atoms with Gasteiger partial charge in [0, 0.05) is 0 Å². The van der Waals surface area contributed by atoms with Gasteiger partial charge in [-0.1, -0.05) is 58.8 Å². The van der Waals surface area contributed by atoms with Gasteiger partial charge in [0.2, 0.25) is 0 Å². The summed E-state index contributed by atoms with van der Waals surface area (Å²) in [5.41, 5.74) is 0. The molecule has 0 rings (SSSR count). The van der Waals surface area contributed by atoms with Crippen LogP contribution in [0.3, 0.4) is 0 Å². The van der Waals surface area contributed by atoms with E-state index in [0.29, 0.717) is 0 Å². The molecule has 1 atom stereocenters. The minimum absolute atomic E-state index is 0.162. The summed E-state index contributed by atoms with van der Waals surface area (Å²) < 4.78 is 26.5. The lowest BCUT2D eigenvalue weighted by Gasteiger charge is -2.09. The molecule has 1 unspecified atom stereocenters. The quantitative estimate of drug-likeness (QED) is 0.422. The molecule has 0 spiro atoms. The molecule has 0 N–H and O–H groups in total. The van der Waals surface area contributed by atoms with Crippen molar-refractivity contribution in [3.63, 3.8) is 0 Å². The van der Waals surface area contributed by atoms with E-state index in [1.807, 2.05) is 0 Å². The summed E-state index contributed by atoms with van der Waals surface area (Å²) in [6, 6.07) is 0. The van der Waals surface area contributed by atoms with Gasteiger partial charge in [-0.25, -0.2) is 0 Å². The van der Waals surface area contributed by atoms with Crippen LogP contribution in [0, 0.1) is 5.92 Å². The van der Waals surface area contributed by atoms with Crippen molar-refractivity contribution in [2.24, 2.45) is 5.92 Å². The summed E-state index contributed by atoms with van der Waals surface area (Å²) in [5, 5.41) is 0. The summed E-state index contributed by atoms with van der Waals surface area (Å²) in [6.45, 7) is 4.54. The van der Waals surface area contributed by atoms with Crippen molar-refractivity contribution in [2.45, 2.75) is 65.2 Å². The highest BCUT2D eigenvalue weighted by molar-refractivity contribution is 7.86. The molecule has 0 aliphatic rings. The smallest absolute Gasteiger partial charge is 0.267 e. The monoisotopic (exact) mass is 264 g/mol. The Morgan fingerprint density at radius 2 is 1.59 bits per heavy atom. The predicted molar refractivity (Wildman–Crippen MR) is 72.6 cm³/mol. The lowest BCUT2D eigenvalue weighted by molar-refractivity contribution is 0.395. The van der Waals surface area contributed by atoms with Crippen molar-refractivity contribution in [2.75, 3.05) is 12.9 Å². The highest BCUT2D eigenvalue weighted by Gasteiger charge is 2.07. The minimum atomic E-state index is -3.23. The third kappa shape index (κ3) is 10.8. The molecule has 0 saturated carbocycles. The van der Waals surface area contributed by atoms with Gasteiger partial charge in [0.1, 0.15) is 0 Å². The highest BCUT2D eigenvalue weighted by atomic mass is 32.2. The zero-order valence-electron chi connectivity index (χ0n) is 11.6. The molecule has 0 aromatic carbocycles. The molecule has 0 bridgehead atoms. The van der Waals surface area contributed by atoms with Gasteiger partial charge in [0.15, 0.2) is 0 Å². The Hall–Kier alpha value is -0.0900. The van der Waals surface area contributed by atoms with Gasteiger partial charge in [-0.05, 0) is 12.3 Å². The van der Waals surface area contributed by atoms with Crippen molar-refractivity contribution in [1.29, 1.82) is 0 Å². The summed E-state index contributed by atoms with van der Waals surface area (Å²) >= 11 is 0. The van der Waals surface area contributed by atoms with E-state index in [1.54, 1.807) is 0 Å². The summed E-state index contributed by atoms with van der Waals surface area (Å²) in [4.78, 5) is 0. The molecule has 104 valence electrons. The second kappa shape index (κ2) is 9.89. The topological polar surface area (TPSA) is 43.4 Å². The number of hydrogen-bond acceptors (Lipinski definition) is 3. The average Bonchev–Trinajstić information content (AvgIpc) is 2.28. The van der Waals surface area contributed by atoms with Crippen LogP contribution in [0.25, 0.3) is 0 Å². The maximum atomic E-state index is 11.0. The molecule has 0 aromatic heterocycles. The van der Waals surface area contributed by atoms with Crippen LogP contribution in [0.5, 0.6) is 0 Å². The van der Waals surface area contributed by atoms with Crippen LogP contribution >= 0.6 is 0 Å². The Kier molecular flexibility index (Phi) is 9.84. The van der Waals surface area contributed by atoms with Crippen molar-refractivity contribution < 1.29 is 12.6 Å². The average molecular weight is 264 g/mol. The van der Waals surface area contributed by atoms with E-state index in [2.05, 4.69) is 18.0 Å². The standard InChI is InChI=1S/C13H28O3S/c1-4-10-13(2)11-8-6-5-7-9-12-17(14,15)16-3/h13H,4-12H2,1-3H3. The SMILES string of the molecule is CCCC(C)CCCCCCCS(=O)(=O)OC. The Morgan fingerprint density at radius 3 is 2.18 bits per heavy atom. The molecule has 0 aliphatic carbocycles. The Morgan fingerprint density at radius 1 is 1.00 bits per heavy atom. The molecule has 4 heteroatoms. The summed E-state index contributed by atoms with van der Waals surface area (Å²) in [6.07, 6.45) is 9.26. The molecule has 0 fully saturated rings. The van der Waals surface area contributed by atoms with E-state index in [4.69, 9.17) is 0 Å². The van der Waals surface area contributed by atoms with Crippen LogP contribution in [-0.4, -0.2) is 21.3 Å².